The van der Waals surface area contributed by atoms with Gasteiger partial charge in [-0.15, -0.1) is 5.10 Å². The molecule has 0 radical (unpaired) electrons. The predicted molar refractivity (Wildman–Crippen MR) is 127 cm³/mol. The molecule has 0 bridgehead atoms. The van der Waals surface area contributed by atoms with E-state index in [1.54, 1.807) is 30.8 Å². The second kappa shape index (κ2) is 9.23. The Kier molecular flexibility index (Phi) is 6.40. The Balaban J connectivity index is 1.48. The topological polar surface area (TPSA) is 73.8 Å². The summed E-state index contributed by atoms with van der Waals surface area (Å²) in [6.45, 7) is 1.78. The molecule has 4 rings (SSSR count). The smallest absolute Gasteiger partial charge is 0.295 e. The zero-order chi connectivity index (χ0) is 22.8. The van der Waals surface area contributed by atoms with E-state index in [0.717, 1.165) is 0 Å². The molecular weight excluding hydrogens is 469 g/mol. The van der Waals surface area contributed by atoms with Crippen LogP contribution in [0.25, 0.3) is 11.4 Å². The molecular formula is C21H18FN5O2S3. The Labute approximate surface area is 196 Å². The number of hydrogen-bond acceptors (Lipinski definition) is 6. The Hall–Kier alpha value is -3.02. The summed E-state index contributed by atoms with van der Waals surface area (Å²) in [5, 5.41) is 7.13. The lowest BCUT2D eigenvalue weighted by atomic mass is 10.3. The zero-order valence-electron chi connectivity index (χ0n) is 17.1. The number of rotatable bonds is 6. The fourth-order valence-electron chi connectivity index (χ4n) is 3.08. The fraction of sp³-hybridized carbons (Fsp3) is 0.143. The van der Waals surface area contributed by atoms with E-state index in [-0.39, 0.29) is 28.7 Å². The number of nitrogens with zero attached hydrogens (tertiary/aromatic N) is 4. The molecule has 7 nitrogen and oxygen atoms in total. The average Bonchev–Trinajstić information content (AvgIpc) is 3.26. The van der Waals surface area contributed by atoms with Gasteiger partial charge in [0.1, 0.15) is 11.5 Å². The standard InChI is InChI=1S/C21H18FN5O2S3/c1-13-18(19(29)27(25(13)2)16-6-4-3-5-7-16)23-17(28)12-31-20-24-26(21(30)32-20)15-10-8-14(22)9-11-15/h3-11H,12H2,1-2H3,(H,23,28). The maximum atomic E-state index is 13.1. The number of thioether (sulfide) groups is 1. The highest BCUT2D eigenvalue weighted by Crippen LogP contribution is 2.24. The van der Waals surface area contributed by atoms with Gasteiger partial charge in [-0.1, -0.05) is 41.3 Å². The summed E-state index contributed by atoms with van der Waals surface area (Å²) in [6.07, 6.45) is 0. The fourth-order valence-corrected chi connectivity index (χ4v) is 5.24. The predicted octanol–water partition coefficient (Wildman–Crippen LogP) is 4.33. The van der Waals surface area contributed by atoms with Gasteiger partial charge in [0.2, 0.25) is 5.91 Å². The molecule has 4 aromatic rings. The molecule has 0 spiro atoms. The molecule has 0 saturated carbocycles. The lowest BCUT2D eigenvalue weighted by Crippen LogP contribution is -2.23. The molecule has 11 heteroatoms. The average molecular weight is 488 g/mol. The third kappa shape index (κ3) is 4.45. The number of amides is 1. The molecule has 0 saturated heterocycles. The molecule has 0 atom stereocenters. The minimum atomic E-state index is -0.343. The van der Waals surface area contributed by atoms with Crippen LogP contribution in [-0.2, 0) is 11.8 Å². The first-order chi connectivity index (χ1) is 15.3. The zero-order valence-corrected chi connectivity index (χ0v) is 19.6. The highest BCUT2D eigenvalue weighted by molar-refractivity contribution is 8.01. The van der Waals surface area contributed by atoms with Crippen LogP contribution in [-0.4, -0.2) is 30.8 Å². The molecule has 2 aromatic heterocycles. The van der Waals surface area contributed by atoms with Crippen molar-refractivity contribution in [3.8, 4) is 11.4 Å². The number of nitrogens with one attached hydrogen (secondary N) is 1. The summed E-state index contributed by atoms with van der Waals surface area (Å²) < 4.78 is 19.0. The minimum absolute atomic E-state index is 0.0603. The maximum absolute atomic E-state index is 13.1. The Morgan fingerprint density at radius 2 is 1.84 bits per heavy atom. The monoisotopic (exact) mass is 487 g/mol. The van der Waals surface area contributed by atoms with E-state index >= 15 is 0 Å². The lowest BCUT2D eigenvalue weighted by molar-refractivity contribution is -0.113. The number of aromatic nitrogens is 4. The number of anilines is 1. The van der Waals surface area contributed by atoms with E-state index in [1.165, 1.54) is 44.6 Å². The van der Waals surface area contributed by atoms with E-state index in [0.29, 0.717) is 25.4 Å². The van der Waals surface area contributed by atoms with Gasteiger partial charge in [0.25, 0.3) is 5.56 Å². The molecule has 2 aromatic carbocycles. The molecule has 164 valence electrons. The van der Waals surface area contributed by atoms with Crippen LogP contribution >= 0.6 is 35.3 Å². The lowest BCUT2D eigenvalue weighted by Gasteiger charge is -2.07. The van der Waals surface area contributed by atoms with Gasteiger partial charge >= 0.3 is 0 Å². The summed E-state index contributed by atoms with van der Waals surface area (Å²) in [7, 11) is 1.77. The van der Waals surface area contributed by atoms with Crippen LogP contribution in [0.3, 0.4) is 0 Å². The first kappa shape index (κ1) is 22.2. The van der Waals surface area contributed by atoms with Gasteiger partial charge < -0.3 is 5.32 Å². The van der Waals surface area contributed by atoms with Crippen molar-refractivity contribution in [3.63, 3.8) is 0 Å². The molecule has 0 aliphatic heterocycles. The van der Waals surface area contributed by atoms with Crippen LogP contribution < -0.4 is 10.9 Å². The van der Waals surface area contributed by atoms with Crippen molar-refractivity contribution in [1.82, 2.24) is 19.1 Å². The van der Waals surface area contributed by atoms with Crippen molar-refractivity contribution in [2.45, 2.75) is 11.3 Å². The highest BCUT2D eigenvalue weighted by atomic mass is 32.2. The van der Waals surface area contributed by atoms with E-state index in [9.17, 15) is 14.0 Å². The second-order valence-corrected chi connectivity index (χ2v) is 9.64. The quantitative estimate of drug-likeness (QED) is 0.324. The molecule has 0 fully saturated rings. The third-order valence-corrected chi connectivity index (χ3v) is 7.11. The van der Waals surface area contributed by atoms with E-state index in [2.05, 4.69) is 10.4 Å². The van der Waals surface area contributed by atoms with Gasteiger partial charge in [-0.2, -0.15) is 0 Å². The van der Waals surface area contributed by atoms with Crippen molar-refractivity contribution in [2.24, 2.45) is 7.05 Å². The van der Waals surface area contributed by atoms with E-state index < -0.39 is 0 Å². The van der Waals surface area contributed by atoms with Crippen molar-refractivity contribution in [3.05, 3.63) is 80.4 Å². The maximum Gasteiger partial charge on any atom is 0.295 e. The van der Waals surface area contributed by atoms with Gasteiger partial charge in [-0.25, -0.2) is 13.8 Å². The van der Waals surface area contributed by atoms with Crippen molar-refractivity contribution in [1.29, 1.82) is 0 Å². The largest absolute Gasteiger partial charge is 0.319 e. The second-order valence-electron chi connectivity index (χ2n) is 6.80. The summed E-state index contributed by atoms with van der Waals surface area (Å²) in [5.41, 5.74) is 1.94. The molecule has 32 heavy (non-hydrogen) atoms. The number of halogens is 1. The summed E-state index contributed by atoms with van der Waals surface area (Å²) in [4.78, 5) is 25.5. The van der Waals surface area contributed by atoms with Crippen LogP contribution in [0.1, 0.15) is 5.69 Å². The van der Waals surface area contributed by atoms with Crippen molar-refractivity contribution < 1.29 is 9.18 Å². The van der Waals surface area contributed by atoms with Gasteiger partial charge in [-0.05, 0) is 55.5 Å². The van der Waals surface area contributed by atoms with Crippen LogP contribution in [0.5, 0.6) is 0 Å². The summed E-state index contributed by atoms with van der Waals surface area (Å²) in [5.74, 6) is -0.607. The first-order valence-electron chi connectivity index (χ1n) is 9.48. The van der Waals surface area contributed by atoms with Crippen LogP contribution in [0.4, 0.5) is 10.1 Å². The number of para-hydroxylation sites is 1. The normalized spacial score (nSPS) is 11.0. The minimum Gasteiger partial charge on any atom is -0.319 e. The number of carbonyl (C=O) groups excluding carboxylic acids is 1. The summed E-state index contributed by atoms with van der Waals surface area (Å²) >= 11 is 7.81. The number of hydrogen-bond donors (Lipinski definition) is 1. The third-order valence-electron chi connectivity index (χ3n) is 4.75. The Bertz CT molecular complexity index is 1390. The van der Waals surface area contributed by atoms with Gasteiger partial charge in [0.15, 0.2) is 8.29 Å². The number of carbonyl (C=O) groups is 1. The first-order valence-corrected chi connectivity index (χ1v) is 11.7. The van der Waals surface area contributed by atoms with E-state index in [1.807, 2.05) is 30.3 Å². The Morgan fingerprint density at radius 1 is 1.16 bits per heavy atom. The van der Waals surface area contributed by atoms with E-state index in [4.69, 9.17) is 12.2 Å². The van der Waals surface area contributed by atoms with Gasteiger partial charge in [-0.3, -0.25) is 14.3 Å². The van der Waals surface area contributed by atoms with Crippen LogP contribution in [0.2, 0.25) is 0 Å². The Morgan fingerprint density at radius 3 is 2.53 bits per heavy atom. The number of benzene rings is 2. The van der Waals surface area contributed by atoms with Crippen molar-refractivity contribution >= 4 is 46.9 Å². The van der Waals surface area contributed by atoms with Crippen LogP contribution in [0, 0.1) is 16.7 Å². The van der Waals surface area contributed by atoms with Gasteiger partial charge in [0.05, 0.1) is 22.8 Å². The van der Waals surface area contributed by atoms with Gasteiger partial charge in [0, 0.05) is 7.05 Å². The van der Waals surface area contributed by atoms with Crippen LogP contribution in [0.15, 0.2) is 63.7 Å². The molecule has 2 heterocycles. The molecule has 0 aliphatic carbocycles. The SMILES string of the molecule is Cc1c(NC(=O)CSc2nn(-c3ccc(F)cc3)c(=S)s2)c(=O)n(-c2ccccc2)n1C. The highest BCUT2D eigenvalue weighted by Gasteiger charge is 2.18. The van der Waals surface area contributed by atoms with Crippen molar-refractivity contribution in [2.75, 3.05) is 11.1 Å². The molecule has 0 aliphatic rings. The molecule has 1 amide bonds. The molecule has 0 unspecified atom stereocenters. The summed E-state index contributed by atoms with van der Waals surface area (Å²) in [6, 6.07) is 15.1. The molecule has 1 N–H and O–H groups in total.